The number of aromatic amines is 1. The standard InChI is InChI=1S/C22H18N4O/c27-22(17-4-2-9-24-13-17)26-10-7-21-19(14-26)18-11-15(5-6-20(18)25-21)16-3-1-8-23-12-16/h1-6,8-9,11-13,25H,7,10,14H2. The maximum Gasteiger partial charge on any atom is 0.255 e. The van der Waals surface area contributed by atoms with Crippen molar-refractivity contribution in [3.8, 4) is 11.1 Å². The van der Waals surface area contributed by atoms with Crippen LogP contribution in [0.15, 0.2) is 67.3 Å². The first-order valence-corrected chi connectivity index (χ1v) is 9.03. The third-order valence-corrected chi connectivity index (χ3v) is 5.17. The van der Waals surface area contributed by atoms with Crippen molar-refractivity contribution >= 4 is 16.8 Å². The van der Waals surface area contributed by atoms with Crippen LogP contribution in [-0.2, 0) is 13.0 Å². The van der Waals surface area contributed by atoms with Gasteiger partial charge in [-0.15, -0.1) is 0 Å². The summed E-state index contributed by atoms with van der Waals surface area (Å²) in [5.41, 5.74) is 6.41. The number of benzene rings is 1. The van der Waals surface area contributed by atoms with E-state index in [-0.39, 0.29) is 5.91 Å². The molecule has 0 bridgehead atoms. The Labute approximate surface area is 156 Å². The summed E-state index contributed by atoms with van der Waals surface area (Å²) in [5, 5.41) is 1.18. The largest absolute Gasteiger partial charge is 0.358 e. The van der Waals surface area contributed by atoms with Gasteiger partial charge < -0.3 is 9.88 Å². The number of carbonyl (C=O) groups excluding carboxylic acids is 1. The summed E-state index contributed by atoms with van der Waals surface area (Å²) in [4.78, 5) is 26.5. The number of rotatable bonds is 2. The van der Waals surface area contributed by atoms with Crippen molar-refractivity contribution in [2.45, 2.75) is 13.0 Å². The van der Waals surface area contributed by atoms with Gasteiger partial charge in [-0.1, -0.05) is 12.1 Å². The summed E-state index contributed by atoms with van der Waals surface area (Å²) in [6.45, 7) is 1.32. The molecule has 5 rings (SSSR count). The fourth-order valence-electron chi connectivity index (χ4n) is 3.77. The minimum atomic E-state index is 0.0338. The maximum atomic E-state index is 12.8. The minimum absolute atomic E-state index is 0.0338. The van der Waals surface area contributed by atoms with E-state index >= 15 is 0 Å². The molecule has 0 radical (unpaired) electrons. The van der Waals surface area contributed by atoms with E-state index in [4.69, 9.17) is 0 Å². The molecule has 0 aliphatic carbocycles. The van der Waals surface area contributed by atoms with E-state index in [0.717, 1.165) is 23.1 Å². The highest BCUT2D eigenvalue weighted by Crippen LogP contribution is 2.31. The molecule has 0 spiro atoms. The average Bonchev–Trinajstić information content (AvgIpc) is 3.11. The summed E-state index contributed by atoms with van der Waals surface area (Å²) >= 11 is 0. The molecule has 1 aliphatic rings. The Morgan fingerprint density at radius 3 is 2.63 bits per heavy atom. The highest BCUT2D eigenvalue weighted by molar-refractivity contribution is 5.95. The number of carbonyl (C=O) groups is 1. The van der Waals surface area contributed by atoms with Crippen molar-refractivity contribution in [1.82, 2.24) is 19.9 Å². The fraction of sp³-hybridized carbons (Fsp3) is 0.136. The monoisotopic (exact) mass is 354 g/mol. The molecule has 0 unspecified atom stereocenters. The highest BCUT2D eigenvalue weighted by Gasteiger charge is 2.25. The molecule has 0 saturated heterocycles. The van der Waals surface area contributed by atoms with Crippen LogP contribution in [0.3, 0.4) is 0 Å². The third kappa shape index (κ3) is 2.77. The predicted octanol–water partition coefficient (Wildman–Crippen LogP) is 3.82. The molecular weight excluding hydrogens is 336 g/mol. The third-order valence-electron chi connectivity index (χ3n) is 5.17. The molecule has 1 aliphatic heterocycles. The Morgan fingerprint density at radius 1 is 1.00 bits per heavy atom. The molecule has 5 nitrogen and oxygen atoms in total. The number of nitrogens with zero attached hydrogens (tertiary/aromatic N) is 3. The van der Waals surface area contributed by atoms with Gasteiger partial charge in [-0.3, -0.25) is 14.8 Å². The summed E-state index contributed by atoms with van der Waals surface area (Å²) < 4.78 is 0. The van der Waals surface area contributed by atoms with Crippen molar-refractivity contribution in [3.63, 3.8) is 0 Å². The Balaban J connectivity index is 1.52. The van der Waals surface area contributed by atoms with Crippen LogP contribution in [-0.4, -0.2) is 32.3 Å². The first-order chi connectivity index (χ1) is 13.3. The molecule has 1 aromatic carbocycles. The zero-order valence-electron chi connectivity index (χ0n) is 14.7. The van der Waals surface area contributed by atoms with E-state index in [0.29, 0.717) is 18.7 Å². The lowest BCUT2D eigenvalue weighted by Gasteiger charge is -2.27. The highest BCUT2D eigenvalue weighted by atomic mass is 16.2. The zero-order valence-corrected chi connectivity index (χ0v) is 14.7. The van der Waals surface area contributed by atoms with Crippen LogP contribution in [0.4, 0.5) is 0 Å². The van der Waals surface area contributed by atoms with Gasteiger partial charge in [-0.25, -0.2) is 0 Å². The SMILES string of the molecule is O=C(c1cccnc1)N1CCc2[nH]c3ccc(-c4cccnc4)cc3c2C1. The molecule has 27 heavy (non-hydrogen) atoms. The van der Waals surface area contributed by atoms with Gasteiger partial charge >= 0.3 is 0 Å². The first kappa shape index (κ1) is 15.8. The summed E-state index contributed by atoms with van der Waals surface area (Å²) in [7, 11) is 0. The van der Waals surface area contributed by atoms with E-state index in [1.54, 1.807) is 24.7 Å². The number of pyridine rings is 2. The van der Waals surface area contributed by atoms with E-state index in [9.17, 15) is 4.79 Å². The van der Waals surface area contributed by atoms with Crippen LogP contribution in [0.5, 0.6) is 0 Å². The van der Waals surface area contributed by atoms with Crippen LogP contribution in [0.2, 0.25) is 0 Å². The molecule has 0 saturated carbocycles. The van der Waals surface area contributed by atoms with Crippen molar-refractivity contribution in [1.29, 1.82) is 0 Å². The maximum absolute atomic E-state index is 12.8. The van der Waals surface area contributed by atoms with E-state index < -0.39 is 0 Å². The van der Waals surface area contributed by atoms with Crippen molar-refractivity contribution < 1.29 is 4.79 Å². The van der Waals surface area contributed by atoms with Gasteiger partial charge in [0, 0.05) is 72.0 Å². The van der Waals surface area contributed by atoms with Crippen molar-refractivity contribution in [2.24, 2.45) is 0 Å². The molecule has 0 fully saturated rings. The number of aromatic nitrogens is 3. The molecule has 3 aromatic heterocycles. The Bertz CT molecular complexity index is 1120. The number of H-pyrrole nitrogens is 1. The van der Waals surface area contributed by atoms with Gasteiger partial charge in [0.15, 0.2) is 0 Å². The van der Waals surface area contributed by atoms with Gasteiger partial charge in [0.1, 0.15) is 0 Å². The molecule has 1 amide bonds. The van der Waals surface area contributed by atoms with Crippen molar-refractivity contribution in [3.05, 3.63) is 84.1 Å². The summed E-state index contributed by atoms with van der Waals surface area (Å²) in [5.74, 6) is 0.0338. The van der Waals surface area contributed by atoms with E-state index in [1.165, 1.54) is 16.6 Å². The summed E-state index contributed by atoms with van der Waals surface area (Å²) in [6, 6.07) is 14.0. The van der Waals surface area contributed by atoms with Gasteiger partial charge in [-0.05, 0) is 35.9 Å². The number of hydrogen-bond acceptors (Lipinski definition) is 3. The van der Waals surface area contributed by atoms with Gasteiger partial charge in [0.2, 0.25) is 0 Å². The molecule has 0 atom stereocenters. The van der Waals surface area contributed by atoms with Crippen LogP contribution < -0.4 is 0 Å². The Morgan fingerprint density at radius 2 is 1.85 bits per heavy atom. The molecule has 4 aromatic rings. The Kier molecular flexibility index (Phi) is 3.71. The van der Waals surface area contributed by atoms with E-state index in [2.05, 4.69) is 39.2 Å². The topological polar surface area (TPSA) is 61.9 Å². The lowest BCUT2D eigenvalue weighted by molar-refractivity contribution is 0.0734. The summed E-state index contributed by atoms with van der Waals surface area (Å²) in [6.07, 6.45) is 7.80. The molecule has 132 valence electrons. The van der Waals surface area contributed by atoms with Crippen LogP contribution in [0.25, 0.3) is 22.0 Å². The second kappa shape index (κ2) is 6.36. The zero-order chi connectivity index (χ0) is 18.2. The van der Waals surface area contributed by atoms with Gasteiger partial charge in [0.05, 0.1) is 5.56 Å². The van der Waals surface area contributed by atoms with Crippen molar-refractivity contribution in [2.75, 3.05) is 6.54 Å². The number of fused-ring (bicyclic) bond motifs is 3. The predicted molar refractivity (Wildman–Crippen MR) is 104 cm³/mol. The van der Waals surface area contributed by atoms with Crippen LogP contribution in [0, 0.1) is 0 Å². The van der Waals surface area contributed by atoms with Crippen LogP contribution in [0.1, 0.15) is 21.6 Å². The molecule has 1 N–H and O–H groups in total. The molecule has 4 heterocycles. The second-order valence-corrected chi connectivity index (χ2v) is 6.80. The quantitative estimate of drug-likeness (QED) is 0.595. The average molecular weight is 354 g/mol. The minimum Gasteiger partial charge on any atom is -0.358 e. The van der Waals surface area contributed by atoms with E-state index in [1.807, 2.05) is 23.2 Å². The van der Waals surface area contributed by atoms with Gasteiger partial charge in [-0.2, -0.15) is 0 Å². The second-order valence-electron chi connectivity index (χ2n) is 6.80. The first-order valence-electron chi connectivity index (χ1n) is 9.03. The van der Waals surface area contributed by atoms with Crippen LogP contribution >= 0.6 is 0 Å². The smallest absolute Gasteiger partial charge is 0.255 e. The number of hydrogen-bond donors (Lipinski definition) is 1. The number of amides is 1. The normalized spacial score (nSPS) is 13.6. The lowest BCUT2D eigenvalue weighted by atomic mass is 10.0. The molecular formula is C22H18N4O. The van der Waals surface area contributed by atoms with Gasteiger partial charge in [0.25, 0.3) is 5.91 Å². The number of nitrogens with one attached hydrogen (secondary N) is 1. The fourth-order valence-corrected chi connectivity index (χ4v) is 3.77. The lowest BCUT2D eigenvalue weighted by Crippen LogP contribution is -2.35. The Hall–Kier alpha value is -3.47. The molecule has 5 heteroatoms.